The van der Waals surface area contributed by atoms with Gasteiger partial charge in [-0.05, 0) is 101 Å². The van der Waals surface area contributed by atoms with Crippen LogP contribution in [0.2, 0.25) is 0 Å². The molecule has 13 rings (SSSR count). The fourth-order valence-corrected chi connectivity index (χ4v) is 11.5. The summed E-state index contributed by atoms with van der Waals surface area (Å²) in [5.41, 5.74) is 16.3. The maximum atomic E-state index is 2.57. The molecule has 0 spiro atoms. The number of anilines is 5. The largest absolute Gasteiger partial charge is 0.334 e. The normalized spacial score (nSPS) is 14.9. The van der Waals surface area contributed by atoms with Crippen molar-refractivity contribution in [2.45, 2.75) is 59.4 Å². The molecule has 1 aliphatic carbocycles. The maximum Gasteiger partial charge on any atom is 0.0621 e. The number of rotatable bonds is 6. The number of hydrogen-bond donors (Lipinski definition) is 0. The van der Waals surface area contributed by atoms with E-state index in [1.54, 1.807) is 0 Å². The van der Waals surface area contributed by atoms with Crippen LogP contribution in [0.15, 0.2) is 194 Å². The van der Waals surface area contributed by atoms with Gasteiger partial charge in [0.1, 0.15) is 0 Å². The van der Waals surface area contributed by atoms with Crippen molar-refractivity contribution < 1.29 is 0 Å². The highest BCUT2D eigenvalue weighted by Crippen LogP contribution is 2.50. The fourth-order valence-electron chi connectivity index (χ4n) is 11.5. The molecule has 4 aromatic heterocycles. The summed E-state index contributed by atoms with van der Waals surface area (Å²) in [4.78, 5) is 5.01. The second-order valence-electron chi connectivity index (χ2n) is 20.5. The molecule has 1 unspecified atom stereocenters. The van der Waals surface area contributed by atoms with Crippen molar-refractivity contribution in [3.63, 3.8) is 0 Å². The van der Waals surface area contributed by atoms with Crippen LogP contribution in [0.4, 0.5) is 28.4 Å². The number of fused-ring (bicyclic) bond motifs is 12. The van der Waals surface area contributed by atoms with Crippen LogP contribution < -0.4 is 9.80 Å². The maximum absolute atomic E-state index is 2.57. The van der Waals surface area contributed by atoms with Crippen molar-refractivity contribution in [1.29, 1.82) is 0 Å². The third-order valence-corrected chi connectivity index (χ3v) is 14.6. The number of para-hydroxylation sites is 4. The lowest BCUT2D eigenvalue weighted by atomic mass is 9.82. The molecule has 320 valence electrons. The summed E-state index contributed by atoms with van der Waals surface area (Å²) in [6.45, 7) is 13.8. The van der Waals surface area contributed by atoms with Crippen LogP contribution in [-0.2, 0) is 5.41 Å². The van der Waals surface area contributed by atoms with Crippen LogP contribution >= 0.6 is 0 Å². The third kappa shape index (κ3) is 5.57. The summed E-state index contributed by atoms with van der Waals surface area (Å²) in [7, 11) is 0. The van der Waals surface area contributed by atoms with E-state index >= 15 is 0 Å². The average molecular weight is 853 g/mol. The molecule has 4 heterocycles. The number of benzene rings is 8. The molecule has 0 saturated heterocycles. The molecule has 4 heteroatoms. The lowest BCUT2D eigenvalue weighted by molar-refractivity contribution is 0.510. The zero-order valence-corrected chi connectivity index (χ0v) is 38.5. The number of allylic oxidation sites excluding steroid dienone is 2. The smallest absolute Gasteiger partial charge is 0.0621 e. The molecule has 4 nitrogen and oxygen atoms in total. The van der Waals surface area contributed by atoms with Crippen molar-refractivity contribution in [2.75, 3.05) is 9.80 Å². The Morgan fingerprint density at radius 2 is 0.939 bits per heavy atom. The Bertz CT molecular complexity index is 3910. The van der Waals surface area contributed by atoms with Crippen LogP contribution in [0.25, 0.3) is 76.2 Å². The Morgan fingerprint density at radius 1 is 0.439 bits per heavy atom. The van der Waals surface area contributed by atoms with Gasteiger partial charge >= 0.3 is 0 Å². The molecule has 0 bridgehead atoms. The van der Waals surface area contributed by atoms with Crippen LogP contribution in [0.3, 0.4) is 0 Å². The zero-order chi connectivity index (χ0) is 44.6. The third-order valence-electron chi connectivity index (χ3n) is 14.6. The molecule has 0 aliphatic heterocycles. The van der Waals surface area contributed by atoms with Gasteiger partial charge in [-0.3, -0.25) is 0 Å². The molecule has 8 aromatic carbocycles. The van der Waals surface area contributed by atoms with Gasteiger partial charge in [0.25, 0.3) is 0 Å². The highest BCUT2D eigenvalue weighted by molar-refractivity contribution is 6.31. The average Bonchev–Trinajstić information content (AvgIpc) is 4.06. The summed E-state index contributed by atoms with van der Waals surface area (Å²) in [6.07, 6.45) is 8.18. The molecular weight excluding hydrogens is 801 g/mol. The Balaban J connectivity index is 1.04. The molecule has 1 atom stereocenters. The van der Waals surface area contributed by atoms with Gasteiger partial charge in [-0.2, -0.15) is 0 Å². The van der Waals surface area contributed by atoms with E-state index in [4.69, 9.17) is 0 Å². The second kappa shape index (κ2) is 14.0. The van der Waals surface area contributed by atoms with E-state index in [9.17, 15) is 0 Å². The first-order valence-corrected chi connectivity index (χ1v) is 23.6. The van der Waals surface area contributed by atoms with E-state index in [-0.39, 0.29) is 16.9 Å². The van der Waals surface area contributed by atoms with E-state index in [0.29, 0.717) is 0 Å². The first-order chi connectivity index (χ1) is 32.0. The van der Waals surface area contributed by atoms with E-state index in [0.717, 1.165) is 17.8 Å². The first-order valence-electron chi connectivity index (χ1n) is 23.6. The van der Waals surface area contributed by atoms with E-state index in [1.165, 1.54) is 104 Å². The zero-order valence-electron chi connectivity index (χ0n) is 38.5. The molecule has 0 fully saturated rings. The number of hydrogen-bond acceptors (Lipinski definition) is 2. The summed E-state index contributed by atoms with van der Waals surface area (Å²) < 4.78 is 5.10. The van der Waals surface area contributed by atoms with Gasteiger partial charge in [0.05, 0.1) is 50.5 Å². The lowest BCUT2D eigenvalue weighted by Crippen LogP contribution is -2.31. The Hall–Kier alpha value is -7.56. The summed E-state index contributed by atoms with van der Waals surface area (Å²) in [5, 5.41) is 10.2. The van der Waals surface area contributed by atoms with Crippen LogP contribution in [0.5, 0.6) is 0 Å². The fraction of sp³-hybridized carbons (Fsp3) is 0.161. The van der Waals surface area contributed by atoms with Gasteiger partial charge in [0.15, 0.2) is 0 Å². The lowest BCUT2D eigenvalue weighted by Gasteiger charge is -2.35. The Kier molecular flexibility index (Phi) is 8.23. The minimum Gasteiger partial charge on any atom is -0.334 e. The van der Waals surface area contributed by atoms with Crippen molar-refractivity contribution in [3.05, 3.63) is 199 Å². The Morgan fingerprint density at radius 3 is 1.47 bits per heavy atom. The summed E-state index contributed by atoms with van der Waals surface area (Å²) in [6, 6.07) is 63.7. The second-order valence-corrected chi connectivity index (χ2v) is 20.5. The molecule has 66 heavy (non-hydrogen) atoms. The van der Waals surface area contributed by atoms with Gasteiger partial charge in [0, 0.05) is 60.2 Å². The quantitative estimate of drug-likeness (QED) is 0.166. The predicted octanol–water partition coefficient (Wildman–Crippen LogP) is 17.2. The van der Waals surface area contributed by atoms with Crippen LogP contribution in [-0.4, -0.2) is 14.8 Å². The van der Waals surface area contributed by atoms with Gasteiger partial charge in [-0.25, -0.2) is 0 Å². The standard InChI is InChI=1S/C62H52N4/c1-61(2,3)39-29-33-43(34-30-39)63(41-17-9-7-10-18-41)51-25-15-27-53-57(51)47-23-13-21-45-49-38-56-50(37-55(49)65(53)59(45)47)46-22-14-24-48-58-52(26-16-28-54(58)66(56)60(46)48)64(42-19-11-8-12-20-42)44-35-31-40(32-36-44)62(4,5)6/h7-35,37-38,44H,36H2,1-6H3. The van der Waals surface area contributed by atoms with Crippen molar-refractivity contribution in [1.82, 2.24) is 8.80 Å². The summed E-state index contributed by atoms with van der Waals surface area (Å²) >= 11 is 0. The molecule has 12 aromatic rings. The van der Waals surface area contributed by atoms with Crippen LogP contribution in [0, 0.1) is 5.41 Å². The van der Waals surface area contributed by atoms with Crippen molar-refractivity contribution in [3.8, 4) is 0 Å². The van der Waals surface area contributed by atoms with Gasteiger partial charge in [-0.15, -0.1) is 0 Å². The highest BCUT2D eigenvalue weighted by Gasteiger charge is 2.29. The molecule has 1 aliphatic rings. The number of nitrogens with zero attached hydrogens (tertiary/aromatic N) is 4. The van der Waals surface area contributed by atoms with Crippen molar-refractivity contribution >= 4 is 105 Å². The molecule has 0 radical (unpaired) electrons. The minimum absolute atomic E-state index is 0.0689. The Labute approximate surface area is 385 Å². The minimum atomic E-state index is 0.0689. The summed E-state index contributed by atoms with van der Waals surface area (Å²) in [5.74, 6) is 0. The molecule has 0 amide bonds. The molecule has 0 N–H and O–H groups in total. The predicted molar refractivity (Wildman–Crippen MR) is 283 cm³/mol. The van der Waals surface area contributed by atoms with Gasteiger partial charge in [-0.1, -0.05) is 157 Å². The highest BCUT2D eigenvalue weighted by atomic mass is 15.2. The van der Waals surface area contributed by atoms with Gasteiger partial charge < -0.3 is 18.6 Å². The van der Waals surface area contributed by atoms with E-state index in [1.807, 2.05) is 0 Å². The topological polar surface area (TPSA) is 15.3 Å². The van der Waals surface area contributed by atoms with Gasteiger partial charge in [0.2, 0.25) is 0 Å². The number of aromatic nitrogens is 2. The molecule has 0 saturated carbocycles. The van der Waals surface area contributed by atoms with Crippen molar-refractivity contribution in [2.24, 2.45) is 5.41 Å². The van der Waals surface area contributed by atoms with E-state index < -0.39 is 0 Å². The van der Waals surface area contributed by atoms with Crippen LogP contribution in [0.1, 0.15) is 53.5 Å². The molecular formula is C62H52N4. The first kappa shape index (κ1) is 38.9. The van der Waals surface area contributed by atoms with E-state index in [2.05, 4.69) is 248 Å². The SMILES string of the molecule is CC(C)(C)C1=CCC(N(c2ccccc2)c2cccc3c2c2cccc4c5cc6c(cc5n3c42)c2cccc3c4c(N(c5ccccc5)c5ccc(C(C)(C)C)cc5)cccc4n6c23)C=C1. The monoisotopic (exact) mass is 852 g/mol.